The van der Waals surface area contributed by atoms with E-state index >= 15 is 0 Å². The summed E-state index contributed by atoms with van der Waals surface area (Å²) in [5, 5.41) is 85.4. The van der Waals surface area contributed by atoms with E-state index in [9.17, 15) is 45.6 Å². The smallest absolute Gasteiger partial charge is 0.251 e. The van der Waals surface area contributed by atoms with Gasteiger partial charge in [0.05, 0.1) is 13.2 Å². The van der Waals surface area contributed by atoms with Crippen LogP contribution in [0, 0.1) is 0 Å². The number of rotatable bonds is 26. The van der Waals surface area contributed by atoms with Gasteiger partial charge >= 0.3 is 0 Å². The van der Waals surface area contributed by atoms with Crippen molar-refractivity contribution in [2.24, 2.45) is 0 Å². The molecule has 0 saturated carbocycles. The summed E-state index contributed by atoms with van der Waals surface area (Å²) in [5.74, 6) is -0.946. The van der Waals surface area contributed by atoms with Gasteiger partial charge in [0.1, 0.15) is 42.7 Å². The highest BCUT2D eigenvalue weighted by molar-refractivity contribution is 5.81. The lowest BCUT2D eigenvalue weighted by molar-refractivity contribution is -0.326. The van der Waals surface area contributed by atoms with Gasteiger partial charge in [0, 0.05) is 13.1 Å². The predicted molar refractivity (Wildman–Crippen MR) is 160 cm³/mol. The van der Waals surface area contributed by atoms with Crippen molar-refractivity contribution >= 4 is 5.91 Å². The minimum absolute atomic E-state index is 0.169. The molecule has 13 heteroatoms. The lowest BCUT2D eigenvalue weighted by Gasteiger charge is -2.42. The predicted octanol–water partition coefficient (Wildman–Crippen LogP) is -0.566. The van der Waals surface area contributed by atoms with E-state index in [0.717, 1.165) is 19.4 Å². The quantitative estimate of drug-likeness (QED) is 0.0547. The topological polar surface area (TPSA) is 221 Å². The lowest BCUT2D eigenvalue weighted by atomic mass is 9.98. The summed E-state index contributed by atoms with van der Waals surface area (Å²) in [4.78, 5) is 12.4. The zero-order chi connectivity index (χ0) is 32.0. The Morgan fingerprint density at radius 1 is 0.744 bits per heavy atom. The van der Waals surface area contributed by atoms with E-state index in [4.69, 9.17) is 9.47 Å². The van der Waals surface area contributed by atoms with Crippen LogP contribution in [0.3, 0.4) is 0 Å². The van der Waals surface area contributed by atoms with E-state index in [1.165, 1.54) is 77.0 Å². The number of aliphatic hydroxyl groups is 8. The Morgan fingerprint density at radius 3 is 1.79 bits per heavy atom. The van der Waals surface area contributed by atoms with Gasteiger partial charge in [0.25, 0.3) is 5.91 Å². The SMILES string of the molecule is CCCCCCCCCCCCCCCCNCCNC(=O)[C@H](O)[C@@H](O)[C@H](O[C@@H]1O[C@H](CO)[C@H](O)[C@H](O)[C@H]1O)[C@H](O)CO. The number of carbonyl (C=O) groups excluding carboxylic acids is 1. The minimum atomic E-state index is -2.07. The van der Waals surface area contributed by atoms with Gasteiger partial charge in [-0.15, -0.1) is 0 Å². The molecule has 1 saturated heterocycles. The second-order valence-corrected chi connectivity index (χ2v) is 11.6. The Labute approximate surface area is 256 Å². The van der Waals surface area contributed by atoms with E-state index in [1.54, 1.807) is 0 Å². The zero-order valence-electron chi connectivity index (χ0n) is 25.9. The molecule has 1 fully saturated rings. The first-order valence-electron chi connectivity index (χ1n) is 16.3. The number of ether oxygens (including phenoxy) is 2. The molecule has 0 aliphatic carbocycles. The van der Waals surface area contributed by atoms with Gasteiger partial charge in [-0.2, -0.15) is 0 Å². The van der Waals surface area contributed by atoms with E-state index in [2.05, 4.69) is 17.6 Å². The summed E-state index contributed by atoms with van der Waals surface area (Å²) in [6, 6.07) is 0. The average Bonchev–Trinajstić information content (AvgIpc) is 3.01. The Morgan fingerprint density at radius 2 is 1.28 bits per heavy atom. The van der Waals surface area contributed by atoms with Gasteiger partial charge in [0.2, 0.25) is 0 Å². The number of amides is 1. The molecule has 1 rings (SSSR count). The van der Waals surface area contributed by atoms with Crippen molar-refractivity contribution in [2.45, 2.75) is 152 Å². The molecule has 1 aliphatic rings. The molecular formula is C30H60N2O11. The van der Waals surface area contributed by atoms with Crippen LogP contribution in [0.1, 0.15) is 96.8 Å². The van der Waals surface area contributed by atoms with Crippen LogP contribution in [-0.2, 0) is 14.3 Å². The summed E-state index contributed by atoms with van der Waals surface area (Å²) in [7, 11) is 0. The van der Waals surface area contributed by atoms with E-state index in [0.29, 0.717) is 6.54 Å². The summed E-state index contributed by atoms with van der Waals surface area (Å²) in [6.45, 7) is 1.97. The molecule has 1 aliphatic heterocycles. The fourth-order valence-electron chi connectivity index (χ4n) is 5.12. The minimum Gasteiger partial charge on any atom is -0.394 e. The van der Waals surface area contributed by atoms with Crippen LogP contribution in [-0.4, -0.2) is 135 Å². The standard InChI is InChI=1S/C30H60N2O11/c1-2-3-4-5-6-7-8-9-10-11-12-13-14-15-16-31-17-18-32-29(41)26(39)25(38)28(21(35)19-33)43-30-27(40)24(37)23(36)22(20-34)42-30/h21-28,30-31,33-40H,2-20H2,1H3,(H,32,41)/t21-,22-,23+,24+,25-,26-,27-,28-,30+/m1/s1. The highest BCUT2D eigenvalue weighted by Gasteiger charge is 2.47. The van der Waals surface area contributed by atoms with Gasteiger partial charge in [0.15, 0.2) is 12.4 Å². The third-order valence-electron chi connectivity index (χ3n) is 7.94. The first kappa shape index (κ1) is 40.1. The van der Waals surface area contributed by atoms with Crippen molar-refractivity contribution < 1.29 is 55.1 Å². The summed E-state index contributed by atoms with van der Waals surface area (Å²) >= 11 is 0. The van der Waals surface area contributed by atoms with Crippen molar-refractivity contribution in [3.63, 3.8) is 0 Å². The van der Waals surface area contributed by atoms with Gasteiger partial charge in [-0.05, 0) is 13.0 Å². The number of unbranched alkanes of at least 4 members (excludes halogenated alkanes) is 13. The summed E-state index contributed by atoms with van der Waals surface area (Å²) < 4.78 is 10.5. The van der Waals surface area contributed by atoms with Crippen molar-refractivity contribution in [1.82, 2.24) is 10.6 Å². The third-order valence-corrected chi connectivity index (χ3v) is 7.94. The second kappa shape index (κ2) is 24.3. The molecule has 1 amide bonds. The van der Waals surface area contributed by atoms with Crippen LogP contribution < -0.4 is 10.6 Å². The van der Waals surface area contributed by atoms with Crippen LogP contribution in [0.25, 0.3) is 0 Å². The number of nitrogens with one attached hydrogen (secondary N) is 2. The highest BCUT2D eigenvalue weighted by Crippen LogP contribution is 2.25. The van der Waals surface area contributed by atoms with Crippen LogP contribution in [0.2, 0.25) is 0 Å². The maximum Gasteiger partial charge on any atom is 0.251 e. The molecular weight excluding hydrogens is 564 g/mol. The lowest BCUT2D eigenvalue weighted by Crippen LogP contribution is -2.62. The highest BCUT2D eigenvalue weighted by atomic mass is 16.7. The summed E-state index contributed by atoms with van der Waals surface area (Å²) in [6.07, 6.45) is 1.88. The maximum atomic E-state index is 12.4. The molecule has 0 spiro atoms. The Hall–Kier alpha value is -0.970. The molecule has 1 heterocycles. The van der Waals surface area contributed by atoms with Gasteiger partial charge in [-0.3, -0.25) is 4.79 Å². The summed E-state index contributed by atoms with van der Waals surface area (Å²) in [5.41, 5.74) is 0. The fourth-order valence-corrected chi connectivity index (χ4v) is 5.12. The van der Waals surface area contributed by atoms with Gasteiger partial charge in [-0.25, -0.2) is 0 Å². The normalized spacial score (nSPS) is 25.3. The van der Waals surface area contributed by atoms with E-state index in [-0.39, 0.29) is 6.54 Å². The van der Waals surface area contributed by atoms with Crippen LogP contribution in [0.15, 0.2) is 0 Å². The first-order valence-corrected chi connectivity index (χ1v) is 16.3. The second-order valence-electron chi connectivity index (χ2n) is 11.6. The maximum absolute atomic E-state index is 12.4. The van der Waals surface area contributed by atoms with Crippen LogP contribution in [0.5, 0.6) is 0 Å². The fraction of sp³-hybridized carbons (Fsp3) is 0.967. The number of aliphatic hydroxyl groups excluding tert-OH is 8. The number of hydrogen-bond acceptors (Lipinski definition) is 12. The van der Waals surface area contributed by atoms with Crippen molar-refractivity contribution in [3.8, 4) is 0 Å². The molecule has 0 aromatic heterocycles. The Bertz CT molecular complexity index is 690. The molecule has 256 valence electrons. The molecule has 0 aromatic carbocycles. The Balaban J connectivity index is 2.22. The molecule has 0 radical (unpaired) electrons. The van der Waals surface area contributed by atoms with Crippen molar-refractivity contribution in [3.05, 3.63) is 0 Å². The zero-order valence-corrected chi connectivity index (χ0v) is 25.9. The molecule has 0 bridgehead atoms. The van der Waals surface area contributed by atoms with E-state index < -0.39 is 74.2 Å². The molecule has 43 heavy (non-hydrogen) atoms. The Kier molecular flexibility index (Phi) is 22.6. The molecule has 0 unspecified atom stereocenters. The van der Waals surface area contributed by atoms with Crippen LogP contribution in [0.4, 0.5) is 0 Å². The average molecular weight is 625 g/mol. The number of hydrogen-bond donors (Lipinski definition) is 10. The van der Waals surface area contributed by atoms with Crippen LogP contribution >= 0.6 is 0 Å². The molecule has 9 atom stereocenters. The van der Waals surface area contributed by atoms with Gasteiger partial charge in [-0.1, -0.05) is 90.4 Å². The van der Waals surface area contributed by atoms with E-state index in [1.807, 2.05) is 0 Å². The van der Waals surface area contributed by atoms with Crippen molar-refractivity contribution in [2.75, 3.05) is 32.8 Å². The first-order chi connectivity index (χ1) is 20.7. The third kappa shape index (κ3) is 15.7. The largest absolute Gasteiger partial charge is 0.394 e. The number of carbonyl (C=O) groups is 1. The molecule has 10 N–H and O–H groups in total. The van der Waals surface area contributed by atoms with Crippen molar-refractivity contribution in [1.29, 1.82) is 0 Å². The molecule has 13 nitrogen and oxygen atoms in total. The van der Waals surface area contributed by atoms with Gasteiger partial charge < -0.3 is 61.0 Å². The molecule has 0 aromatic rings. The monoisotopic (exact) mass is 624 g/mol.